The first-order chi connectivity index (χ1) is 19.9. The van der Waals surface area contributed by atoms with Gasteiger partial charge in [-0.1, -0.05) is 33.8 Å². The second-order valence-electron chi connectivity index (χ2n) is 13.0. The topological polar surface area (TPSA) is 99.0 Å². The summed E-state index contributed by atoms with van der Waals surface area (Å²) in [6.45, 7) is 8.19. The van der Waals surface area contributed by atoms with Crippen molar-refractivity contribution < 1.29 is 37.2 Å². The predicted octanol–water partition coefficient (Wildman–Crippen LogP) is 7.73. The number of Topliss-reactive ketones (excluding diaryl/α,β-unsaturated/α-hetero) is 2. The van der Waals surface area contributed by atoms with Gasteiger partial charge in [0.15, 0.2) is 23.1 Å². The number of ether oxygens (including phenoxy) is 2. The Bertz CT molecular complexity index is 1570. The summed E-state index contributed by atoms with van der Waals surface area (Å²) in [6, 6.07) is 6.79. The zero-order chi connectivity index (χ0) is 31.6. The molecule has 2 aromatic rings. The monoisotopic (exact) mass is 598 g/mol. The van der Waals surface area contributed by atoms with E-state index in [2.05, 4.69) is 0 Å². The second-order valence-corrected chi connectivity index (χ2v) is 13.0. The number of nitrogens with zero attached hydrogens (tertiary/aromatic N) is 2. The van der Waals surface area contributed by atoms with Crippen LogP contribution in [0.2, 0.25) is 0 Å². The van der Waals surface area contributed by atoms with Gasteiger partial charge in [-0.15, -0.1) is 0 Å². The number of nitro benzene ring substituents is 1. The number of nitro groups is 1. The molecule has 0 aromatic heterocycles. The van der Waals surface area contributed by atoms with Gasteiger partial charge in [0.1, 0.15) is 0 Å². The third-order valence-corrected chi connectivity index (χ3v) is 8.40. The molecular formula is C32H33F3N2O6. The Kier molecular flexibility index (Phi) is 7.22. The molecule has 11 heteroatoms. The van der Waals surface area contributed by atoms with Crippen LogP contribution in [0.4, 0.5) is 18.9 Å². The summed E-state index contributed by atoms with van der Waals surface area (Å²) >= 11 is 0. The van der Waals surface area contributed by atoms with Gasteiger partial charge in [-0.2, -0.15) is 13.2 Å². The molecule has 0 saturated heterocycles. The molecule has 0 fully saturated rings. The zero-order valence-corrected chi connectivity index (χ0v) is 24.8. The third-order valence-electron chi connectivity index (χ3n) is 8.40. The quantitative estimate of drug-likeness (QED) is 0.257. The number of halogens is 3. The zero-order valence-electron chi connectivity index (χ0n) is 24.8. The Morgan fingerprint density at radius 1 is 0.860 bits per heavy atom. The van der Waals surface area contributed by atoms with Crippen LogP contribution in [0.25, 0.3) is 0 Å². The fourth-order valence-corrected chi connectivity index (χ4v) is 6.49. The van der Waals surface area contributed by atoms with E-state index in [1.807, 2.05) is 39.6 Å². The van der Waals surface area contributed by atoms with E-state index in [1.54, 1.807) is 12.1 Å². The van der Waals surface area contributed by atoms with Crippen molar-refractivity contribution in [3.63, 3.8) is 0 Å². The van der Waals surface area contributed by atoms with Crippen LogP contribution in [0.15, 0.2) is 58.9 Å². The molecule has 0 bridgehead atoms. The van der Waals surface area contributed by atoms with Crippen molar-refractivity contribution in [3.8, 4) is 17.2 Å². The molecule has 43 heavy (non-hydrogen) atoms. The molecule has 1 aliphatic heterocycles. The summed E-state index contributed by atoms with van der Waals surface area (Å²) in [4.78, 5) is 40.1. The van der Waals surface area contributed by atoms with Crippen LogP contribution in [-0.2, 0) is 15.8 Å². The minimum absolute atomic E-state index is 0.0256. The van der Waals surface area contributed by atoms with Crippen molar-refractivity contribution in [3.05, 3.63) is 80.2 Å². The Balaban J connectivity index is 1.62. The summed E-state index contributed by atoms with van der Waals surface area (Å²) in [7, 11) is 3.28. The summed E-state index contributed by atoms with van der Waals surface area (Å²) in [5, 5.41) is 11.6. The molecule has 228 valence electrons. The predicted molar refractivity (Wildman–Crippen MR) is 152 cm³/mol. The number of rotatable bonds is 5. The number of ketones is 2. The highest BCUT2D eigenvalue weighted by atomic mass is 19.4. The van der Waals surface area contributed by atoms with Crippen LogP contribution in [0.3, 0.4) is 0 Å². The largest absolute Gasteiger partial charge is 0.493 e. The molecule has 0 amide bonds. The Morgan fingerprint density at radius 3 is 1.88 bits per heavy atom. The summed E-state index contributed by atoms with van der Waals surface area (Å²) in [6.07, 6.45) is -2.80. The van der Waals surface area contributed by atoms with Gasteiger partial charge in [-0.05, 0) is 53.5 Å². The average Bonchev–Trinajstić information content (AvgIpc) is 2.88. The number of carbonyl (C=O) groups excluding carboxylic acids is 2. The van der Waals surface area contributed by atoms with E-state index in [4.69, 9.17) is 9.47 Å². The van der Waals surface area contributed by atoms with Crippen molar-refractivity contribution in [1.82, 2.24) is 4.90 Å². The molecule has 2 aliphatic carbocycles. The Morgan fingerprint density at radius 2 is 1.40 bits per heavy atom. The van der Waals surface area contributed by atoms with Gasteiger partial charge in [0.2, 0.25) is 5.75 Å². The first-order valence-corrected chi connectivity index (χ1v) is 13.9. The van der Waals surface area contributed by atoms with Crippen LogP contribution in [-0.4, -0.2) is 35.5 Å². The van der Waals surface area contributed by atoms with E-state index in [1.165, 1.54) is 13.2 Å². The number of alkyl halides is 3. The van der Waals surface area contributed by atoms with Gasteiger partial charge in [0.25, 0.3) is 0 Å². The minimum Gasteiger partial charge on any atom is -0.493 e. The molecule has 5 rings (SSSR count). The van der Waals surface area contributed by atoms with Crippen LogP contribution >= 0.6 is 0 Å². The van der Waals surface area contributed by atoms with Gasteiger partial charge < -0.3 is 14.4 Å². The molecule has 0 spiro atoms. The maximum atomic E-state index is 13.7. The fourth-order valence-electron chi connectivity index (χ4n) is 6.49. The van der Waals surface area contributed by atoms with Crippen molar-refractivity contribution in [2.45, 2.75) is 65.5 Å². The third kappa shape index (κ3) is 5.52. The minimum atomic E-state index is -4.77. The second kappa shape index (κ2) is 10.2. The standard InChI is InChI=1S/C32H33F3N2O6/c1-30(2)13-20-28(22(38)15-30)27(29-21(36(20)5)14-31(3,4)16-23(29)39)17-7-9-25(26(11-17)42-6)43-24-10-8-18(32(33,34)35)12-19(24)37(40)41/h7-12,27H,13-16H2,1-6H3. The van der Waals surface area contributed by atoms with E-state index in [0.29, 0.717) is 54.5 Å². The smallest absolute Gasteiger partial charge is 0.416 e. The number of methoxy groups -OCH3 is 1. The molecule has 0 saturated carbocycles. The van der Waals surface area contributed by atoms with E-state index >= 15 is 0 Å². The highest BCUT2D eigenvalue weighted by molar-refractivity contribution is 6.06. The van der Waals surface area contributed by atoms with Gasteiger partial charge in [-0.3, -0.25) is 19.7 Å². The maximum absolute atomic E-state index is 13.7. The van der Waals surface area contributed by atoms with E-state index < -0.39 is 34.0 Å². The van der Waals surface area contributed by atoms with Gasteiger partial charge in [-0.25, -0.2) is 0 Å². The molecule has 0 radical (unpaired) electrons. The lowest BCUT2D eigenvalue weighted by Crippen LogP contribution is -2.43. The molecule has 8 nitrogen and oxygen atoms in total. The van der Waals surface area contributed by atoms with Crippen LogP contribution in [0.5, 0.6) is 17.2 Å². The highest BCUT2D eigenvalue weighted by Gasteiger charge is 2.48. The number of hydrogen-bond donors (Lipinski definition) is 0. The van der Waals surface area contributed by atoms with E-state index in [9.17, 15) is 32.9 Å². The first-order valence-electron chi connectivity index (χ1n) is 13.9. The molecule has 0 atom stereocenters. The van der Waals surface area contributed by atoms with Crippen LogP contribution in [0, 0.1) is 20.9 Å². The number of carbonyl (C=O) groups is 2. The average molecular weight is 599 g/mol. The van der Waals surface area contributed by atoms with Crippen molar-refractivity contribution in [2.75, 3.05) is 14.2 Å². The first kappa shape index (κ1) is 30.3. The number of benzene rings is 2. The van der Waals surface area contributed by atoms with Gasteiger partial charge >= 0.3 is 11.9 Å². The molecular weight excluding hydrogens is 565 g/mol. The van der Waals surface area contributed by atoms with Gasteiger partial charge in [0, 0.05) is 54.4 Å². The molecule has 1 heterocycles. The lowest BCUT2D eigenvalue weighted by molar-refractivity contribution is -0.385. The Labute approximate surface area is 247 Å². The fraction of sp³-hybridized carbons (Fsp3) is 0.438. The Hall–Kier alpha value is -4.15. The van der Waals surface area contributed by atoms with Crippen molar-refractivity contribution in [2.24, 2.45) is 10.8 Å². The summed E-state index contributed by atoms with van der Waals surface area (Å²) in [5.41, 5.74) is 0.979. The maximum Gasteiger partial charge on any atom is 0.416 e. The van der Waals surface area contributed by atoms with E-state index in [-0.39, 0.29) is 33.9 Å². The molecule has 2 aromatic carbocycles. The number of hydrogen-bond acceptors (Lipinski definition) is 7. The summed E-state index contributed by atoms with van der Waals surface area (Å²) < 4.78 is 50.8. The van der Waals surface area contributed by atoms with Gasteiger partial charge in [0.05, 0.1) is 17.6 Å². The molecule has 0 unspecified atom stereocenters. The molecule has 3 aliphatic rings. The van der Waals surface area contributed by atoms with Crippen LogP contribution in [0.1, 0.15) is 70.4 Å². The molecule has 0 N–H and O–H groups in total. The number of allylic oxidation sites excluding steroid dienone is 4. The highest BCUT2D eigenvalue weighted by Crippen LogP contribution is 2.54. The SMILES string of the molecule is COc1cc(C2C3=C(CC(C)(C)CC3=O)N(C)C3=C2C(=O)CC(C)(C)C3)ccc1Oc1ccc(C(F)(F)F)cc1[N+](=O)[O-]. The van der Waals surface area contributed by atoms with Crippen molar-refractivity contribution >= 4 is 17.3 Å². The van der Waals surface area contributed by atoms with E-state index in [0.717, 1.165) is 17.5 Å². The van der Waals surface area contributed by atoms with Crippen LogP contribution < -0.4 is 9.47 Å². The summed E-state index contributed by atoms with van der Waals surface area (Å²) in [5.74, 6) is -0.942. The van der Waals surface area contributed by atoms with Crippen molar-refractivity contribution in [1.29, 1.82) is 0 Å². The normalized spacial score (nSPS) is 20.2. The lowest BCUT2D eigenvalue weighted by atomic mass is 9.64. The lowest BCUT2D eigenvalue weighted by Gasteiger charge is -2.47.